The third kappa shape index (κ3) is 3.38. The van der Waals surface area contributed by atoms with Gasteiger partial charge in [-0.3, -0.25) is 0 Å². The average molecular weight is 293 g/mol. The van der Waals surface area contributed by atoms with Crippen molar-refractivity contribution in [3.8, 4) is 11.1 Å². The minimum Gasteiger partial charge on any atom is -0.399 e. The fourth-order valence-electron chi connectivity index (χ4n) is 2.20. The summed E-state index contributed by atoms with van der Waals surface area (Å²) in [7, 11) is 0. The molecule has 0 fully saturated rings. The lowest BCUT2D eigenvalue weighted by molar-refractivity contribution is -0.137. The van der Waals surface area contributed by atoms with Crippen LogP contribution in [0.15, 0.2) is 42.5 Å². The second kappa shape index (κ2) is 5.10. The van der Waals surface area contributed by atoms with Gasteiger partial charge in [-0.25, -0.2) is 0 Å². The Labute approximate surface area is 122 Å². The molecule has 1 nitrogen and oxygen atoms in total. The first-order valence-electron chi connectivity index (χ1n) is 6.67. The van der Waals surface area contributed by atoms with Crippen molar-refractivity contribution in [2.75, 3.05) is 5.73 Å². The molecule has 0 aliphatic rings. The van der Waals surface area contributed by atoms with E-state index in [-0.39, 0.29) is 16.7 Å². The van der Waals surface area contributed by atoms with Crippen molar-refractivity contribution in [2.45, 2.75) is 32.4 Å². The molecular formula is C17H18F3N. The van der Waals surface area contributed by atoms with E-state index in [1.54, 1.807) is 12.1 Å². The van der Waals surface area contributed by atoms with Crippen LogP contribution in [-0.2, 0) is 11.6 Å². The van der Waals surface area contributed by atoms with Crippen molar-refractivity contribution in [3.05, 3.63) is 53.6 Å². The first kappa shape index (κ1) is 15.4. The molecule has 112 valence electrons. The highest BCUT2D eigenvalue weighted by molar-refractivity contribution is 5.70. The summed E-state index contributed by atoms with van der Waals surface area (Å²) in [6.07, 6.45) is -4.42. The molecule has 0 spiro atoms. The Morgan fingerprint density at radius 2 is 1.43 bits per heavy atom. The van der Waals surface area contributed by atoms with E-state index in [4.69, 9.17) is 5.73 Å². The van der Waals surface area contributed by atoms with E-state index in [1.807, 2.05) is 12.1 Å². The predicted octanol–water partition coefficient (Wildman–Crippen LogP) is 5.25. The summed E-state index contributed by atoms with van der Waals surface area (Å²) in [6.45, 7) is 6.19. The quantitative estimate of drug-likeness (QED) is 0.714. The third-order valence-electron chi connectivity index (χ3n) is 3.41. The van der Waals surface area contributed by atoms with E-state index in [0.717, 1.165) is 11.6 Å². The molecule has 0 aromatic heterocycles. The number of benzene rings is 2. The Morgan fingerprint density at radius 3 is 1.90 bits per heavy atom. The first-order chi connectivity index (χ1) is 9.59. The molecule has 2 N–H and O–H groups in total. The van der Waals surface area contributed by atoms with Crippen LogP contribution in [0, 0.1) is 0 Å². The summed E-state index contributed by atoms with van der Waals surface area (Å²) in [6, 6.07) is 11.1. The molecule has 0 radical (unpaired) electrons. The summed E-state index contributed by atoms with van der Waals surface area (Å²) in [5.41, 5.74) is 6.62. The lowest BCUT2D eigenvalue weighted by Crippen LogP contribution is -2.11. The Bertz CT molecular complexity index is 635. The molecule has 21 heavy (non-hydrogen) atoms. The topological polar surface area (TPSA) is 26.0 Å². The van der Waals surface area contributed by atoms with Crippen LogP contribution in [0.5, 0.6) is 0 Å². The number of alkyl halides is 3. The summed E-state index contributed by atoms with van der Waals surface area (Å²) >= 11 is 0. The highest BCUT2D eigenvalue weighted by atomic mass is 19.4. The van der Waals surface area contributed by atoms with Gasteiger partial charge >= 0.3 is 6.18 Å². The van der Waals surface area contributed by atoms with Gasteiger partial charge in [0.05, 0.1) is 5.56 Å². The molecule has 4 heteroatoms. The van der Waals surface area contributed by atoms with Crippen molar-refractivity contribution in [3.63, 3.8) is 0 Å². The van der Waals surface area contributed by atoms with Crippen LogP contribution in [0.25, 0.3) is 11.1 Å². The number of rotatable bonds is 1. The average Bonchev–Trinajstić information content (AvgIpc) is 2.37. The zero-order valence-electron chi connectivity index (χ0n) is 12.3. The zero-order chi connectivity index (χ0) is 15.8. The molecule has 2 rings (SSSR count). The molecule has 0 heterocycles. The number of anilines is 1. The number of hydrogen-bond acceptors (Lipinski definition) is 1. The van der Waals surface area contributed by atoms with E-state index in [0.29, 0.717) is 5.56 Å². The fourth-order valence-corrected chi connectivity index (χ4v) is 2.20. The predicted molar refractivity (Wildman–Crippen MR) is 80.0 cm³/mol. The maximum Gasteiger partial charge on any atom is 0.417 e. The van der Waals surface area contributed by atoms with Gasteiger partial charge in [0.1, 0.15) is 0 Å². The molecule has 2 aromatic carbocycles. The standard InChI is InChI=1S/C17H18F3N/c1-16(2,3)12-6-4-11(5-7-12)14-9-8-13(21)10-15(14)17(18,19)20/h4-10H,21H2,1-3H3. The first-order valence-corrected chi connectivity index (χ1v) is 6.67. The van der Waals surface area contributed by atoms with Gasteiger partial charge in [0.2, 0.25) is 0 Å². The van der Waals surface area contributed by atoms with Gasteiger partial charge in [0.25, 0.3) is 0 Å². The minimum absolute atomic E-state index is 0.0352. The minimum atomic E-state index is -4.42. The smallest absolute Gasteiger partial charge is 0.399 e. The Balaban J connectivity index is 2.52. The fraction of sp³-hybridized carbons (Fsp3) is 0.294. The lowest BCUT2D eigenvalue weighted by Gasteiger charge is -2.20. The van der Waals surface area contributed by atoms with Crippen LogP contribution in [0.4, 0.5) is 18.9 Å². The molecule has 0 aliphatic carbocycles. The van der Waals surface area contributed by atoms with Gasteiger partial charge in [-0.15, -0.1) is 0 Å². The maximum absolute atomic E-state index is 13.1. The molecule has 0 saturated carbocycles. The van der Waals surface area contributed by atoms with Gasteiger partial charge in [0, 0.05) is 5.69 Å². The molecule has 0 bridgehead atoms. The summed E-state index contributed by atoms with van der Waals surface area (Å²) in [4.78, 5) is 0. The maximum atomic E-state index is 13.1. The van der Waals surface area contributed by atoms with Gasteiger partial charge < -0.3 is 5.73 Å². The van der Waals surface area contributed by atoms with Crippen molar-refractivity contribution >= 4 is 5.69 Å². The van der Waals surface area contributed by atoms with Crippen LogP contribution in [0.1, 0.15) is 31.9 Å². The van der Waals surface area contributed by atoms with Crippen molar-refractivity contribution in [1.29, 1.82) is 0 Å². The van der Waals surface area contributed by atoms with Crippen LogP contribution in [0.2, 0.25) is 0 Å². The highest BCUT2D eigenvalue weighted by Gasteiger charge is 2.33. The molecule has 2 aromatic rings. The van der Waals surface area contributed by atoms with Crippen molar-refractivity contribution < 1.29 is 13.2 Å². The van der Waals surface area contributed by atoms with Crippen LogP contribution in [-0.4, -0.2) is 0 Å². The van der Waals surface area contributed by atoms with Gasteiger partial charge in [0.15, 0.2) is 0 Å². The van der Waals surface area contributed by atoms with Crippen molar-refractivity contribution in [2.24, 2.45) is 0 Å². The molecule has 0 unspecified atom stereocenters. The van der Waals surface area contributed by atoms with E-state index < -0.39 is 11.7 Å². The lowest BCUT2D eigenvalue weighted by atomic mass is 9.86. The van der Waals surface area contributed by atoms with Gasteiger partial charge in [-0.05, 0) is 34.2 Å². The number of nitrogens with two attached hydrogens (primary N) is 1. The molecule has 0 atom stereocenters. The van der Waals surface area contributed by atoms with E-state index in [9.17, 15) is 13.2 Å². The number of hydrogen-bond donors (Lipinski definition) is 1. The van der Waals surface area contributed by atoms with Crippen LogP contribution >= 0.6 is 0 Å². The second-order valence-corrected chi connectivity index (χ2v) is 6.13. The van der Waals surface area contributed by atoms with Gasteiger partial charge in [-0.2, -0.15) is 13.2 Å². The Kier molecular flexibility index (Phi) is 3.74. The second-order valence-electron chi connectivity index (χ2n) is 6.13. The van der Waals surface area contributed by atoms with Gasteiger partial charge in [-0.1, -0.05) is 51.1 Å². The van der Waals surface area contributed by atoms with E-state index in [1.165, 1.54) is 12.1 Å². The third-order valence-corrected chi connectivity index (χ3v) is 3.41. The Hall–Kier alpha value is -1.97. The molecular weight excluding hydrogens is 275 g/mol. The SMILES string of the molecule is CC(C)(C)c1ccc(-c2ccc(N)cc2C(F)(F)F)cc1. The molecule has 0 saturated heterocycles. The van der Waals surface area contributed by atoms with E-state index >= 15 is 0 Å². The molecule has 0 aliphatic heterocycles. The van der Waals surface area contributed by atoms with Crippen molar-refractivity contribution in [1.82, 2.24) is 0 Å². The van der Waals surface area contributed by atoms with Crippen LogP contribution < -0.4 is 5.73 Å². The zero-order valence-corrected chi connectivity index (χ0v) is 12.3. The number of halogens is 3. The largest absolute Gasteiger partial charge is 0.417 e. The monoisotopic (exact) mass is 293 g/mol. The van der Waals surface area contributed by atoms with Crippen LogP contribution in [0.3, 0.4) is 0 Å². The Morgan fingerprint density at radius 1 is 0.857 bits per heavy atom. The normalized spacial score (nSPS) is 12.5. The number of nitrogen functional groups attached to an aromatic ring is 1. The summed E-state index contributed by atoms with van der Waals surface area (Å²) in [5.74, 6) is 0. The highest BCUT2D eigenvalue weighted by Crippen LogP contribution is 2.38. The van der Waals surface area contributed by atoms with E-state index in [2.05, 4.69) is 20.8 Å². The summed E-state index contributed by atoms with van der Waals surface area (Å²) < 4.78 is 39.4. The summed E-state index contributed by atoms with van der Waals surface area (Å²) in [5, 5.41) is 0. The molecule has 0 amide bonds.